The fourth-order valence-electron chi connectivity index (χ4n) is 1.45. The fourth-order valence-corrected chi connectivity index (χ4v) is 3.63. The van der Waals surface area contributed by atoms with Gasteiger partial charge in [-0.3, -0.25) is 4.72 Å². The van der Waals surface area contributed by atoms with Crippen molar-refractivity contribution >= 4 is 32.2 Å². The van der Waals surface area contributed by atoms with Crippen molar-refractivity contribution in [2.75, 3.05) is 10.5 Å². The normalized spacial score (nSPS) is 11.7. The Kier molecular flexibility index (Phi) is 3.77. The summed E-state index contributed by atoms with van der Waals surface area (Å²) in [5.74, 6) is 0.266. The minimum atomic E-state index is -3.63. The minimum Gasteiger partial charge on any atom is -0.399 e. The van der Waals surface area contributed by atoms with E-state index in [2.05, 4.69) is 9.71 Å². The molecule has 0 aliphatic rings. The first-order valence-corrected chi connectivity index (χ1v) is 8.08. The van der Waals surface area contributed by atoms with Crippen LogP contribution in [0.1, 0.15) is 25.5 Å². The second kappa shape index (κ2) is 5.18. The zero-order chi connectivity index (χ0) is 14.0. The van der Waals surface area contributed by atoms with E-state index < -0.39 is 10.0 Å². The van der Waals surface area contributed by atoms with Crippen LogP contribution in [0.3, 0.4) is 0 Å². The molecule has 0 aliphatic carbocycles. The first-order chi connectivity index (χ1) is 8.88. The highest BCUT2D eigenvalue weighted by Crippen LogP contribution is 2.24. The van der Waals surface area contributed by atoms with Crippen LogP contribution in [0.25, 0.3) is 0 Å². The molecule has 2 rings (SSSR count). The maximum Gasteiger partial charge on any atom is 0.263 e. The lowest BCUT2D eigenvalue weighted by molar-refractivity contribution is 0.601. The number of aromatic nitrogens is 1. The number of sulfonamides is 1. The molecular weight excluding hydrogens is 282 g/mol. The average molecular weight is 297 g/mol. The van der Waals surface area contributed by atoms with Crippen LogP contribution in [0.15, 0.2) is 34.5 Å². The van der Waals surface area contributed by atoms with Crippen molar-refractivity contribution < 1.29 is 8.42 Å². The van der Waals surface area contributed by atoms with E-state index in [0.717, 1.165) is 5.69 Å². The van der Waals surface area contributed by atoms with Crippen LogP contribution in [0.2, 0.25) is 0 Å². The summed E-state index contributed by atoms with van der Waals surface area (Å²) in [4.78, 5) is 4.37. The maximum absolute atomic E-state index is 12.1. The molecule has 0 amide bonds. The third-order valence-electron chi connectivity index (χ3n) is 2.50. The molecule has 0 aliphatic heterocycles. The number of nitrogens with two attached hydrogens (primary N) is 1. The summed E-state index contributed by atoms with van der Waals surface area (Å²) < 4.78 is 26.7. The first-order valence-electron chi connectivity index (χ1n) is 5.72. The molecule has 0 radical (unpaired) electrons. The number of hydrogen-bond donors (Lipinski definition) is 2. The molecule has 7 heteroatoms. The summed E-state index contributed by atoms with van der Waals surface area (Å²) in [5, 5.41) is 2.22. The van der Waals surface area contributed by atoms with E-state index in [1.165, 1.54) is 23.5 Å². The highest BCUT2D eigenvalue weighted by molar-refractivity contribution is 7.93. The molecule has 0 atom stereocenters. The minimum absolute atomic E-state index is 0.133. The second-order valence-corrected chi connectivity index (χ2v) is 6.95. The molecule has 19 heavy (non-hydrogen) atoms. The van der Waals surface area contributed by atoms with Gasteiger partial charge in [-0.05, 0) is 24.1 Å². The number of nitrogens with zero attached hydrogens (tertiary/aromatic N) is 1. The molecule has 1 aromatic heterocycles. The molecule has 0 saturated carbocycles. The van der Waals surface area contributed by atoms with Gasteiger partial charge in [-0.1, -0.05) is 19.9 Å². The molecule has 0 spiro atoms. The zero-order valence-corrected chi connectivity index (χ0v) is 12.3. The van der Waals surface area contributed by atoms with Crippen LogP contribution < -0.4 is 10.5 Å². The first kappa shape index (κ1) is 13.8. The van der Waals surface area contributed by atoms with Gasteiger partial charge in [0.15, 0.2) is 5.13 Å². The molecule has 102 valence electrons. The van der Waals surface area contributed by atoms with Crippen molar-refractivity contribution in [3.8, 4) is 0 Å². The number of anilines is 2. The number of nitrogens with one attached hydrogen (secondary N) is 1. The van der Waals surface area contributed by atoms with Crippen molar-refractivity contribution in [3.05, 3.63) is 35.3 Å². The van der Waals surface area contributed by atoms with E-state index in [4.69, 9.17) is 5.73 Å². The summed E-state index contributed by atoms with van der Waals surface area (Å²) in [5.41, 5.74) is 6.87. The molecule has 1 heterocycles. The van der Waals surface area contributed by atoms with Gasteiger partial charge in [0.1, 0.15) is 0 Å². The van der Waals surface area contributed by atoms with Crippen LogP contribution in [0.4, 0.5) is 10.8 Å². The Balaban J connectivity index is 2.26. The highest BCUT2D eigenvalue weighted by atomic mass is 32.2. The molecule has 0 saturated heterocycles. The third-order valence-corrected chi connectivity index (χ3v) is 4.75. The smallest absolute Gasteiger partial charge is 0.263 e. The molecule has 0 fully saturated rings. The standard InChI is InChI=1S/C12H15N3O2S2/c1-8(2)11-7-18-12(14-11)15-19(16,17)10-5-3-4-9(13)6-10/h3-8H,13H2,1-2H3,(H,14,15). The Labute approximate surface area is 116 Å². The van der Waals surface area contributed by atoms with Crippen molar-refractivity contribution in [1.82, 2.24) is 4.98 Å². The Morgan fingerprint density at radius 3 is 2.68 bits per heavy atom. The van der Waals surface area contributed by atoms with Gasteiger partial charge in [-0.15, -0.1) is 11.3 Å². The van der Waals surface area contributed by atoms with Crippen LogP contribution in [0, 0.1) is 0 Å². The molecule has 5 nitrogen and oxygen atoms in total. The predicted octanol–water partition coefficient (Wildman–Crippen LogP) is 2.65. The summed E-state index contributed by atoms with van der Waals surface area (Å²) in [6.45, 7) is 4.01. The Morgan fingerprint density at radius 2 is 2.11 bits per heavy atom. The number of thiazole rings is 1. The summed E-state index contributed by atoms with van der Waals surface area (Å²) in [6, 6.07) is 6.15. The number of rotatable bonds is 4. The van der Waals surface area contributed by atoms with E-state index in [-0.39, 0.29) is 10.8 Å². The number of benzene rings is 1. The molecule has 1 aromatic carbocycles. The topological polar surface area (TPSA) is 85.1 Å². The average Bonchev–Trinajstić information content (AvgIpc) is 2.77. The Hall–Kier alpha value is -1.60. The van der Waals surface area contributed by atoms with Crippen molar-refractivity contribution in [2.24, 2.45) is 0 Å². The van der Waals surface area contributed by atoms with Gasteiger partial charge in [-0.25, -0.2) is 13.4 Å². The van der Waals surface area contributed by atoms with Crippen molar-refractivity contribution in [2.45, 2.75) is 24.7 Å². The summed E-state index contributed by atoms with van der Waals surface area (Å²) in [6.07, 6.45) is 0. The number of hydrogen-bond acceptors (Lipinski definition) is 5. The molecule has 0 unspecified atom stereocenters. The van der Waals surface area contributed by atoms with Gasteiger partial charge >= 0.3 is 0 Å². The van der Waals surface area contributed by atoms with E-state index in [1.54, 1.807) is 12.1 Å². The van der Waals surface area contributed by atoms with Crippen LogP contribution in [-0.2, 0) is 10.0 Å². The highest BCUT2D eigenvalue weighted by Gasteiger charge is 2.16. The maximum atomic E-state index is 12.1. The van der Waals surface area contributed by atoms with E-state index >= 15 is 0 Å². The SMILES string of the molecule is CC(C)c1csc(NS(=O)(=O)c2cccc(N)c2)n1. The van der Waals surface area contributed by atoms with E-state index in [9.17, 15) is 8.42 Å². The van der Waals surface area contributed by atoms with Crippen molar-refractivity contribution in [3.63, 3.8) is 0 Å². The van der Waals surface area contributed by atoms with E-state index in [1.807, 2.05) is 19.2 Å². The lowest BCUT2D eigenvalue weighted by Gasteiger charge is -2.05. The molecule has 2 aromatic rings. The zero-order valence-electron chi connectivity index (χ0n) is 10.6. The summed E-state index contributed by atoms with van der Waals surface area (Å²) in [7, 11) is -3.63. The third kappa shape index (κ3) is 3.24. The van der Waals surface area contributed by atoms with Crippen molar-refractivity contribution in [1.29, 1.82) is 0 Å². The van der Waals surface area contributed by atoms with Gasteiger partial charge in [0, 0.05) is 11.1 Å². The van der Waals surface area contributed by atoms with Gasteiger partial charge < -0.3 is 5.73 Å². The molecular formula is C12H15N3O2S2. The van der Waals surface area contributed by atoms with Gasteiger partial charge in [0.25, 0.3) is 10.0 Å². The second-order valence-electron chi connectivity index (χ2n) is 4.41. The Morgan fingerprint density at radius 1 is 1.37 bits per heavy atom. The van der Waals surface area contributed by atoms with Crippen LogP contribution >= 0.6 is 11.3 Å². The van der Waals surface area contributed by atoms with Crippen LogP contribution in [0.5, 0.6) is 0 Å². The fraction of sp³-hybridized carbons (Fsp3) is 0.250. The van der Waals surface area contributed by atoms with Gasteiger partial charge in [0.2, 0.25) is 0 Å². The monoisotopic (exact) mass is 297 g/mol. The molecule has 0 bridgehead atoms. The Bertz CT molecular complexity index is 678. The van der Waals surface area contributed by atoms with E-state index in [0.29, 0.717) is 10.8 Å². The predicted molar refractivity (Wildman–Crippen MR) is 77.9 cm³/mol. The van der Waals surface area contributed by atoms with Crippen LogP contribution in [-0.4, -0.2) is 13.4 Å². The molecule has 3 N–H and O–H groups in total. The summed E-state index contributed by atoms with van der Waals surface area (Å²) >= 11 is 1.27. The van der Waals surface area contributed by atoms with Gasteiger partial charge in [0.05, 0.1) is 10.6 Å². The number of nitrogen functional groups attached to an aromatic ring is 1. The quantitative estimate of drug-likeness (QED) is 0.850. The largest absolute Gasteiger partial charge is 0.399 e. The lowest BCUT2D eigenvalue weighted by atomic mass is 10.2. The lowest BCUT2D eigenvalue weighted by Crippen LogP contribution is -2.13. The van der Waals surface area contributed by atoms with Gasteiger partial charge in [-0.2, -0.15) is 0 Å².